The van der Waals surface area contributed by atoms with Crippen molar-refractivity contribution < 1.29 is 67.3 Å². The number of H-pyrrole nitrogens is 1. The van der Waals surface area contributed by atoms with Gasteiger partial charge in [-0.2, -0.15) is 4.31 Å². The highest BCUT2D eigenvalue weighted by atomic mass is 31.3. The van der Waals surface area contributed by atoms with Gasteiger partial charge in [0.25, 0.3) is 5.56 Å². The zero-order valence-electron chi connectivity index (χ0n) is 18.8. The Morgan fingerprint density at radius 1 is 1.16 bits per heavy atom. The van der Waals surface area contributed by atoms with E-state index in [1.54, 1.807) is 0 Å². The molecular weight excluding hydrogens is 568 g/mol. The molecule has 0 aliphatic carbocycles. The molecule has 0 spiro atoms. The van der Waals surface area contributed by atoms with Crippen molar-refractivity contribution in [3.8, 4) is 0 Å². The fourth-order valence-corrected chi connectivity index (χ4v) is 5.72. The highest BCUT2D eigenvalue weighted by molar-refractivity contribution is 7.61. The standard InChI is InChI=1S/C15H23N5O16P2/c16-19-18-8-10(25)12(5(22)3-21)34-14(8)35-38(30,31)36-37(28,29)32-4-6-9(24)11(26)13(33-6)20-2-1-7(23)17-15(20)27/h1-2,5-6,8-14,21-22,24-26H,3-4H2,(H,28,29)(H,30,31)(H,17,23,27)/t5-,6-,8-,9-,10-,11-,12+,13-,14-/m1/s1. The smallest absolute Gasteiger partial charge is 0.394 e. The summed E-state index contributed by atoms with van der Waals surface area (Å²) in [6.45, 7) is -1.96. The van der Waals surface area contributed by atoms with Crippen LogP contribution in [0.25, 0.3) is 10.4 Å². The second kappa shape index (κ2) is 12.0. The number of aliphatic hydroxyl groups is 5. The summed E-state index contributed by atoms with van der Waals surface area (Å²) in [7, 11) is -11.1. The molecule has 2 aliphatic heterocycles. The number of rotatable bonds is 11. The second-order valence-electron chi connectivity index (χ2n) is 7.89. The summed E-state index contributed by atoms with van der Waals surface area (Å²) in [6, 6.07) is -0.833. The van der Waals surface area contributed by atoms with Gasteiger partial charge in [-0.05, 0) is 5.53 Å². The Kier molecular flexibility index (Phi) is 9.64. The van der Waals surface area contributed by atoms with E-state index in [2.05, 4.69) is 23.4 Å². The number of azide groups is 1. The maximum Gasteiger partial charge on any atom is 0.483 e. The van der Waals surface area contributed by atoms with Crippen molar-refractivity contribution in [2.24, 2.45) is 5.11 Å². The Bertz CT molecular complexity index is 1250. The van der Waals surface area contributed by atoms with Crippen molar-refractivity contribution in [1.29, 1.82) is 0 Å². The molecule has 1 aromatic rings. The van der Waals surface area contributed by atoms with E-state index >= 15 is 0 Å². The van der Waals surface area contributed by atoms with Crippen LogP contribution in [-0.4, -0.2) is 107 Å². The second-order valence-corrected chi connectivity index (χ2v) is 10.9. The molecule has 0 amide bonds. The molecule has 1 aromatic heterocycles. The number of phosphoric ester groups is 2. The first-order chi connectivity index (χ1) is 17.7. The average Bonchev–Trinajstić information content (AvgIpc) is 3.27. The van der Waals surface area contributed by atoms with E-state index in [-0.39, 0.29) is 0 Å². The minimum absolute atomic E-state index is 0.719. The minimum Gasteiger partial charge on any atom is -0.394 e. The zero-order valence-corrected chi connectivity index (χ0v) is 20.5. The Morgan fingerprint density at radius 2 is 1.84 bits per heavy atom. The summed E-state index contributed by atoms with van der Waals surface area (Å²) in [5.74, 6) is 0. The van der Waals surface area contributed by atoms with Gasteiger partial charge in [-0.15, -0.1) is 0 Å². The van der Waals surface area contributed by atoms with Gasteiger partial charge in [-0.1, -0.05) is 5.11 Å². The SMILES string of the molecule is [N-]=[N+]=N[C@H]1[C@@H](OP(=O)(O)OP(=O)(O)OC[C@H]2O[C@@H](n3ccc(=O)[nH]c3=O)[C@H](O)[C@@H]2O)O[C@@H]([C@H](O)CO)[C@@H]1O. The average molecular weight is 591 g/mol. The largest absolute Gasteiger partial charge is 0.483 e. The van der Waals surface area contributed by atoms with E-state index in [1.165, 1.54) is 0 Å². The van der Waals surface area contributed by atoms with Crippen LogP contribution in [-0.2, 0) is 32.0 Å². The minimum atomic E-state index is -5.61. The van der Waals surface area contributed by atoms with Crippen molar-refractivity contribution in [3.05, 3.63) is 43.5 Å². The molecule has 2 saturated heterocycles. The first-order valence-electron chi connectivity index (χ1n) is 10.4. The molecule has 0 aromatic carbocycles. The van der Waals surface area contributed by atoms with Gasteiger partial charge in [0.15, 0.2) is 12.5 Å². The van der Waals surface area contributed by atoms with E-state index in [0.29, 0.717) is 0 Å². The summed E-state index contributed by atoms with van der Waals surface area (Å²) in [5.41, 5.74) is 6.88. The van der Waals surface area contributed by atoms with Gasteiger partial charge in [0.2, 0.25) is 0 Å². The summed E-state index contributed by atoms with van der Waals surface area (Å²) in [5, 5.41) is 52.2. The monoisotopic (exact) mass is 591 g/mol. The molecule has 21 nitrogen and oxygen atoms in total. The van der Waals surface area contributed by atoms with Gasteiger partial charge in [-0.3, -0.25) is 23.4 Å². The van der Waals surface area contributed by atoms with Crippen LogP contribution in [0, 0.1) is 0 Å². The Labute approximate surface area is 210 Å². The number of ether oxygens (including phenoxy) is 2. The van der Waals surface area contributed by atoms with Crippen LogP contribution in [0.15, 0.2) is 27.0 Å². The van der Waals surface area contributed by atoms with Crippen molar-refractivity contribution in [1.82, 2.24) is 9.55 Å². The molecular formula is C15H23N5O16P2. The molecule has 3 heterocycles. The number of aliphatic hydroxyl groups excluding tert-OH is 5. The Morgan fingerprint density at radius 3 is 2.45 bits per heavy atom. The molecule has 2 unspecified atom stereocenters. The summed E-state index contributed by atoms with van der Waals surface area (Å²) in [4.78, 5) is 47.1. The third-order valence-corrected chi connectivity index (χ3v) is 7.92. The molecule has 2 aliphatic rings. The van der Waals surface area contributed by atoms with Crippen LogP contribution < -0.4 is 11.2 Å². The third kappa shape index (κ3) is 6.93. The number of aromatic nitrogens is 2. The quantitative estimate of drug-likeness (QED) is 0.0536. The van der Waals surface area contributed by atoms with Crippen molar-refractivity contribution >= 4 is 15.6 Å². The molecule has 2 fully saturated rings. The van der Waals surface area contributed by atoms with Crippen LogP contribution in [0.3, 0.4) is 0 Å². The fraction of sp³-hybridized carbons (Fsp3) is 0.733. The van der Waals surface area contributed by atoms with Gasteiger partial charge >= 0.3 is 21.3 Å². The molecule has 0 saturated carbocycles. The molecule has 8 N–H and O–H groups in total. The van der Waals surface area contributed by atoms with Gasteiger partial charge in [-0.25, -0.2) is 13.9 Å². The number of hydrogen-bond donors (Lipinski definition) is 8. The van der Waals surface area contributed by atoms with Gasteiger partial charge in [0.05, 0.1) is 19.3 Å². The van der Waals surface area contributed by atoms with Gasteiger partial charge in [0, 0.05) is 17.2 Å². The lowest BCUT2D eigenvalue weighted by atomic mass is 10.1. The maximum atomic E-state index is 12.3. The molecule has 11 atom stereocenters. The third-order valence-electron chi connectivity index (χ3n) is 5.32. The molecule has 0 bridgehead atoms. The Hall–Kier alpha value is -2.03. The predicted molar refractivity (Wildman–Crippen MR) is 116 cm³/mol. The summed E-state index contributed by atoms with van der Waals surface area (Å²) in [6.07, 6.45) is -13.0. The van der Waals surface area contributed by atoms with E-state index < -0.39 is 95.3 Å². The highest BCUT2D eigenvalue weighted by Gasteiger charge is 2.51. The lowest BCUT2D eigenvalue weighted by molar-refractivity contribution is -0.133. The number of nitrogens with zero attached hydrogens (tertiary/aromatic N) is 4. The normalized spacial score (nSPS) is 35.2. The first kappa shape index (κ1) is 30.5. The van der Waals surface area contributed by atoms with Crippen LogP contribution in [0.5, 0.6) is 0 Å². The van der Waals surface area contributed by atoms with E-state index in [4.69, 9.17) is 20.1 Å². The first-order valence-corrected chi connectivity index (χ1v) is 13.4. The Balaban J connectivity index is 1.64. The van der Waals surface area contributed by atoms with E-state index in [1.807, 2.05) is 4.98 Å². The number of phosphoric acid groups is 2. The number of nitrogens with one attached hydrogen (secondary N) is 1. The number of aromatic amines is 1. The predicted octanol–water partition coefficient (Wildman–Crippen LogP) is -3.48. The summed E-state index contributed by atoms with van der Waals surface area (Å²) >= 11 is 0. The molecule has 3 rings (SSSR count). The lowest BCUT2D eigenvalue weighted by Gasteiger charge is -2.22. The van der Waals surface area contributed by atoms with Crippen molar-refractivity contribution in [2.45, 2.75) is 55.2 Å². The fourth-order valence-electron chi connectivity index (χ4n) is 3.56. The van der Waals surface area contributed by atoms with Gasteiger partial charge in [0.1, 0.15) is 36.6 Å². The van der Waals surface area contributed by atoms with Crippen molar-refractivity contribution in [2.75, 3.05) is 13.2 Å². The van der Waals surface area contributed by atoms with Crippen LogP contribution >= 0.6 is 15.6 Å². The van der Waals surface area contributed by atoms with Crippen LogP contribution in [0.2, 0.25) is 0 Å². The molecule has 38 heavy (non-hydrogen) atoms. The highest BCUT2D eigenvalue weighted by Crippen LogP contribution is 2.61. The van der Waals surface area contributed by atoms with E-state index in [0.717, 1.165) is 16.8 Å². The van der Waals surface area contributed by atoms with Crippen molar-refractivity contribution in [3.63, 3.8) is 0 Å². The molecule has 23 heteroatoms. The lowest BCUT2D eigenvalue weighted by Crippen LogP contribution is -2.39. The topological polar surface area (TPSA) is 326 Å². The van der Waals surface area contributed by atoms with Crippen LogP contribution in [0.4, 0.5) is 0 Å². The van der Waals surface area contributed by atoms with Gasteiger partial charge < -0.3 is 44.8 Å². The van der Waals surface area contributed by atoms with Crippen LogP contribution in [0.1, 0.15) is 6.23 Å². The molecule has 0 radical (unpaired) electrons. The summed E-state index contributed by atoms with van der Waals surface area (Å²) < 4.78 is 48.7. The maximum absolute atomic E-state index is 12.3. The molecule has 214 valence electrons. The van der Waals surface area contributed by atoms with E-state index in [9.17, 15) is 48.9 Å². The number of hydrogen-bond acceptors (Lipinski definition) is 15. The zero-order chi connectivity index (χ0) is 28.4.